The minimum Gasteiger partial charge on any atom is -0.457 e. The molecule has 9 heteroatoms. The Morgan fingerprint density at radius 2 is 1.56 bits per heavy atom. The largest absolute Gasteiger partial charge is 0.457 e. The molecule has 2 aliphatic rings. The lowest BCUT2D eigenvalue weighted by molar-refractivity contribution is -0.276. The highest BCUT2D eigenvalue weighted by atomic mass is 16.7. The molecule has 3 N–H and O–H groups in total. The Bertz CT molecular complexity index is 1960. The number of hydrogen-bond donors (Lipinski definition) is 3. The first kappa shape index (κ1) is 37.3. The predicted molar refractivity (Wildman–Crippen MR) is 210 cm³/mol. The van der Waals surface area contributed by atoms with Crippen LogP contribution in [0.2, 0.25) is 0 Å². The number of urea groups is 1. The number of carbonyl (C=O) groups is 1. The number of para-hydroxylation sites is 1. The van der Waals surface area contributed by atoms with Crippen molar-refractivity contribution in [1.82, 2.24) is 10.2 Å². The number of methoxy groups -OCH3 is 1. The predicted octanol–water partition coefficient (Wildman–Crippen LogP) is 8.86. The molecule has 2 heterocycles. The summed E-state index contributed by atoms with van der Waals surface area (Å²) in [6, 6.07) is 41.5. The molecule has 2 amide bonds. The van der Waals surface area contributed by atoms with Gasteiger partial charge >= 0.3 is 6.03 Å². The van der Waals surface area contributed by atoms with E-state index < -0.39 is 6.29 Å². The molecule has 280 valence electrons. The van der Waals surface area contributed by atoms with Gasteiger partial charge in [0.1, 0.15) is 11.5 Å². The molecule has 54 heavy (non-hydrogen) atoms. The van der Waals surface area contributed by atoms with Crippen LogP contribution in [0.15, 0.2) is 127 Å². The van der Waals surface area contributed by atoms with E-state index in [2.05, 4.69) is 64.9 Å². The maximum Gasteiger partial charge on any atom is 0.319 e. The Kier molecular flexibility index (Phi) is 12.3. The minimum absolute atomic E-state index is 0.00328. The molecule has 0 radical (unpaired) electrons. The molecule has 0 saturated carbocycles. The van der Waals surface area contributed by atoms with Crippen molar-refractivity contribution < 1.29 is 28.8 Å². The van der Waals surface area contributed by atoms with Crippen LogP contribution in [0.3, 0.4) is 0 Å². The second-order valence-electron chi connectivity index (χ2n) is 14.1. The van der Waals surface area contributed by atoms with Gasteiger partial charge in [0.05, 0.1) is 25.4 Å². The quantitative estimate of drug-likeness (QED) is 0.111. The Morgan fingerprint density at radius 3 is 2.31 bits per heavy atom. The molecule has 5 aromatic carbocycles. The summed E-state index contributed by atoms with van der Waals surface area (Å²) in [6.45, 7) is 5.12. The maximum absolute atomic E-state index is 12.8. The van der Waals surface area contributed by atoms with Crippen molar-refractivity contribution in [3.05, 3.63) is 150 Å². The molecule has 5 atom stereocenters. The molecule has 2 aliphatic heterocycles. The van der Waals surface area contributed by atoms with Crippen molar-refractivity contribution in [2.75, 3.05) is 32.1 Å². The fraction of sp³-hybridized carbons (Fsp3) is 0.311. The number of hydrogen-bond acceptors (Lipinski definition) is 7. The van der Waals surface area contributed by atoms with Crippen molar-refractivity contribution in [1.29, 1.82) is 0 Å². The Hall–Kier alpha value is -5.03. The summed E-state index contributed by atoms with van der Waals surface area (Å²) in [7, 11) is 1.77. The van der Waals surface area contributed by atoms with Gasteiger partial charge in [0.2, 0.25) is 0 Å². The van der Waals surface area contributed by atoms with Crippen LogP contribution < -0.4 is 15.4 Å². The van der Waals surface area contributed by atoms with Crippen molar-refractivity contribution >= 4 is 11.7 Å². The van der Waals surface area contributed by atoms with E-state index in [1.54, 1.807) is 7.11 Å². The van der Waals surface area contributed by atoms with E-state index in [9.17, 15) is 9.90 Å². The number of nitrogens with one attached hydrogen (secondary N) is 2. The van der Waals surface area contributed by atoms with Crippen LogP contribution in [0.1, 0.15) is 54.4 Å². The zero-order valence-electron chi connectivity index (χ0n) is 30.9. The van der Waals surface area contributed by atoms with Gasteiger partial charge in [0, 0.05) is 43.4 Å². The van der Waals surface area contributed by atoms with E-state index in [1.165, 1.54) is 0 Å². The minimum atomic E-state index is -0.565. The van der Waals surface area contributed by atoms with Gasteiger partial charge in [-0.05, 0) is 95.7 Å². The van der Waals surface area contributed by atoms with E-state index in [-0.39, 0.29) is 30.8 Å². The van der Waals surface area contributed by atoms with Gasteiger partial charge in [-0.25, -0.2) is 4.79 Å². The summed E-state index contributed by atoms with van der Waals surface area (Å²) < 4.78 is 25.0. The lowest BCUT2D eigenvalue weighted by atomic mass is 9.89. The first-order valence-electron chi connectivity index (χ1n) is 18.8. The van der Waals surface area contributed by atoms with E-state index in [0.29, 0.717) is 30.6 Å². The van der Waals surface area contributed by atoms with Gasteiger partial charge in [-0.15, -0.1) is 0 Å². The molecule has 0 spiro atoms. The van der Waals surface area contributed by atoms with E-state index in [1.807, 2.05) is 84.9 Å². The lowest BCUT2D eigenvalue weighted by Gasteiger charge is -2.43. The average molecular weight is 728 g/mol. The van der Waals surface area contributed by atoms with Gasteiger partial charge in [0.25, 0.3) is 0 Å². The number of anilines is 1. The average Bonchev–Trinajstić information content (AvgIpc) is 3.65. The van der Waals surface area contributed by atoms with E-state index in [4.69, 9.17) is 18.9 Å². The van der Waals surface area contributed by atoms with Gasteiger partial charge in [-0.3, -0.25) is 4.90 Å². The highest BCUT2D eigenvalue weighted by Gasteiger charge is 2.40. The SMILES string of the molecule is COC[C@@H]1CCCN1C[C@H]1O[C@@H](c2cccc(-c3cccc(CNC(=O)Nc4ccc(Oc5ccccc5)cc4)c3)c2)O[C@@H](c2ccc(CO)cc2)[C@H]1C. The summed E-state index contributed by atoms with van der Waals surface area (Å²) in [5, 5.41) is 15.5. The zero-order valence-corrected chi connectivity index (χ0v) is 30.9. The summed E-state index contributed by atoms with van der Waals surface area (Å²) in [5.74, 6) is 1.54. The van der Waals surface area contributed by atoms with Gasteiger partial charge < -0.3 is 34.7 Å². The molecule has 0 aromatic heterocycles. The smallest absolute Gasteiger partial charge is 0.319 e. The van der Waals surface area contributed by atoms with Crippen LogP contribution in [-0.4, -0.2) is 55.0 Å². The normalized spacial score (nSPS) is 21.4. The number of ether oxygens (including phenoxy) is 4. The third-order valence-corrected chi connectivity index (χ3v) is 10.4. The third kappa shape index (κ3) is 9.36. The fourth-order valence-electron chi connectivity index (χ4n) is 7.39. The van der Waals surface area contributed by atoms with Gasteiger partial charge in [0.15, 0.2) is 6.29 Å². The molecule has 2 fully saturated rings. The second-order valence-corrected chi connectivity index (χ2v) is 14.1. The molecular weight excluding hydrogens is 679 g/mol. The summed E-state index contributed by atoms with van der Waals surface area (Å²) in [6.07, 6.45) is 1.47. The van der Waals surface area contributed by atoms with Crippen LogP contribution in [0.25, 0.3) is 11.1 Å². The number of rotatable bonds is 13. The molecule has 2 saturated heterocycles. The molecule has 0 unspecified atom stereocenters. The number of aliphatic hydroxyl groups excluding tert-OH is 1. The van der Waals surface area contributed by atoms with E-state index in [0.717, 1.165) is 65.1 Å². The van der Waals surface area contributed by atoms with Crippen molar-refractivity contribution in [3.8, 4) is 22.6 Å². The number of benzene rings is 5. The van der Waals surface area contributed by atoms with Crippen molar-refractivity contribution in [2.45, 2.75) is 57.5 Å². The highest BCUT2D eigenvalue weighted by molar-refractivity contribution is 5.89. The zero-order chi connectivity index (χ0) is 37.3. The van der Waals surface area contributed by atoms with Gasteiger partial charge in [-0.2, -0.15) is 0 Å². The van der Waals surface area contributed by atoms with Crippen LogP contribution >= 0.6 is 0 Å². The molecule has 5 aromatic rings. The highest BCUT2D eigenvalue weighted by Crippen LogP contribution is 2.43. The summed E-state index contributed by atoms with van der Waals surface area (Å²) >= 11 is 0. The lowest BCUT2D eigenvalue weighted by Crippen LogP contribution is -2.46. The number of nitrogens with zero attached hydrogens (tertiary/aromatic N) is 1. The second kappa shape index (κ2) is 17.9. The molecule has 0 bridgehead atoms. The third-order valence-electron chi connectivity index (χ3n) is 10.4. The fourth-order valence-corrected chi connectivity index (χ4v) is 7.39. The molecule has 9 nitrogen and oxygen atoms in total. The first-order chi connectivity index (χ1) is 26.4. The summed E-state index contributed by atoms with van der Waals surface area (Å²) in [4.78, 5) is 15.3. The molecule has 0 aliphatic carbocycles. The number of likely N-dealkylation sites (tertiary alicyclic amines) is 1. The van der Waals surface area contributed by atoms with E-state index >= 15 is 0 Å². The molecular formula is C45H49N3O6. The van der Waals surface area contributed by atoms with Crippen molar-refractivity contribution in [3.63, 3.8) is 0 Å². The number of aliphatic hydroxyl groups is 1. The van der Waals surface area contributed by atoms with Gasteiger partial charge in [-0.1, -0.05) is 85.8 Å². The summed E-state index contributed by atoms with van der Waals surface area (Å²) in [5.41, 5.74) is 6.59. The number of carbonyl (C=O) groups excluding carboxylic acids is 1. The standard InChI is InChI=1S/C45H49N3O6/c1-31-42(28-48-24-8-13-39(48)30-51-2)53-44(54-43(31)34-18-16-32(29-49)17-19-34)37-12-7-11-36(26-37)35-10-6-9-33(25-35)27-46-45(50)47-38-20-22-41(23-21-38)52-40-14-4-3-5-15-40/h3-7,9-12,14-23,25-26,31,39,42-44,49H,8,13,24,27-30H2,1-2H3,(H2,46,47,50)/t31-,39-,42+,43+,44+/m0/s1. The first-order valence-corrected chi connectivity index (χ1v) is 18.8. The maximum atomic E-state index is 12.8. The topological polar surface area (TPSA) is 102 Å². The van der Waals surface area contributed by atoms with Crippen LogP contribution in [0.5, 0.6) is 11.5 Å². The van der Waals surface area contributed by atoms with Crippen LogP contribution in [0.4, 0.5) is 10.5 Å². The Labute approximate surface area is 317 Å². The van der Waals surface area contributed by atoms with Crippen LogP contribution in [-0.2, 0) is 27.4 Å². The van der Waals surface area contributed by atoms with Crippen LogP contribution in [0, 0.1) is 5.92 Å². The monoisotopic (exact) mass is 727 g/mol. The molecule has 7 rings (SSSR count). The Balaban J connectivity index is 1.02. The number of amides is 2. The Morgan fingerprint density at radius 1 is 0.815 bits per heavy atom. The van der Waals surface area contributed by atoms with Crippen molar-refractivity contribution in [2.24, 2.45) is 5.92 Å².